The van der Waals surface area contributed by atoms with Gasteiger partial charge in [-0.2, -0.15) is 4.98 Å². The Balaban J connectivity index is 1.51. The molecule has 3 aliphatic rings. The van der Waals surface area contributed by atoms with E-state index in [1.165, 1.54) is 0 Å². The number of pyridine rings is 1. The third-order valence-electron chi connectivity index (χ3n) is 4.43. The van der Waals surface area contributed by atoms with Gasteiger partial charge in [0.15, 0.2) is 5.65 Å². The van der Waals surface area contributed by atoms with E-state index in [0.717, 1.165) is 11.0 Å². The Bertz CT molecular complexity index is 837. The van der Waals surface area contributed by atoms with E-state index in [9.17, 15) is 4.79 Å². The van der Waals surface area contributed by atoms with E-state index >= 15 is 0 Å². The summed E-state index contributed by atoms with van der Waals surface area (Å²) in [5, 5.41) is 5.16. The van der Waals surface area contributed by atoms with Gasteiger partial charge < -0.3 is 9.64 Å². The van der Waals surface area contributed by atoms with Crippen molar-refractivity contribution < 1.29 is 9.53 Å². The van der Waals surface area contributed by atoms with Crippen molar-refractivity contribution in [3.8, 4) is 0 Å². The Morgan fingerprint density at radius 1 is 1.32 bits per heavy atom. The van der Waals surface area contributed by atoms with Gasteiger partial charge in [-0.25, -0.2) is 9.31 Å². The first-order valence-electron chi connectivity index (χ1n) is 8.19. The molecule has 3 aliphatic heterocycles. The van der Waals surface area contributed by atoms with Crippen LogP contribution in [0.25, 0.3) is 5.65 Å². The van der Waals surface area contributed by atoms with Crippen LogP contribution in [-0.4, -0.2) is 56.4 Å². The van der Waals surface area contributed by atoms with Crippen LogP contribution in [0.4, 0.5) is 10.7 Å². The average Bonchev–Trinajstić information content (AvgIpc) is 2.89. The lowest BCUT2D eigenvalue weighted by atomic mass is 9.88. The molecule has 2 bridgehead atoms. The van der Waals surface area contributed by atoms with Crippen molar-refractivity contribution in [1.29, 1.82) is 0 Å². The molecule has 2 atom stereocenters. The van der Waals surface area contributed by atoms with Crippen molar-refractivity contribution in [3.05, 3.63) is 21.8 Å². The predicted molar refractivity (Wildman–Crippen MR) is 98.2 cm³/mol. The second-order valence-corrected chi connectivity index (χ2v) is 8.76. The third-order valence-corrected chi connectivity index (χ3v) is 5.21. The number of halogens is 2. The summed E-state index contributed by atoms with van der Waals surface area (Å²) >= 11 is 9.52. The van der Waals surface area contributed by atoms with Gasteiger partial charge in [-0.3, -0.25) is 4.90 Å². The molecular formula is C16H19BrClN5O2. The van der Waals surface area contributed by atoms with Gasteiger partial charge in [0.05, 0.1) is 12.1 Å². The molecule has 2 aromatic heterocycles. The molecule has 0 aliphatic carbocycles. The van der Waals surface area contributed by atoms with Gasteiger partial charge in [-0.05, 0) is 49.2 Å². The Labute approximate surface area is 159 Å². The summed E-state index contributed by atoms with van der Waals surface area (Å²) in [5.41, 5.74) is 0.215. The molecule has 3 saturated heterocycles. The lowest BCUT2D eigenvalue weighted by Gasteiger charge is -2.55. The lowest BCUT2D eigenvalue weighted by molar-refractivity contribution is -0.0381. The van der Waals surface area contributed by atoms with E-state index in [1.807, 2.05) is 25.7 Å². The number of piperidine rings is 1. The van der Waals surface area contributed by atoms with Crippen molar-refractivity contribution >= 4 is 45.2 Å². The molecule has 5 heterocycles. The number of carbonyl (C=O) groups is 1. The van der Waals surface area contributed by atoms with Crippen LogP contribution in [0.1, 0.15) is 27.2 Å². The molecule has 0 radical (unpaired) electrons. The molecule has 2 aromatic rings. The number of anilines is 1. The van der Waals surface area contributed by atoms with Crippen molar-refractivity contribution in [2.24, 2.45) is 0 Å². The fourth-order valence-electron chi connectivity index (χ4n) is 3.42. The molecular weight excluding hydrogens is 410 g/mol. The zero-order valence-corrected chi connectivity index (χ0v) is 16.6. The number of hydrogen-bond donors (Lipinski definition) is 0. The van der Waals surface area contributed by atoms with Crippen LogP contribution in [0.15, 0.2) is 16.7 Å². The maximum absolute atomic E-state index is 12.3. The van der Waals surface area contributed by atoms with Crippen LogP contribution in [-0.2, 0) is 4.74 Å². The highest BCUT2D eigenvalue weighted by atomic mass is 79.9. The Hall–Kier alpha value is -1.54. The van der Waals surface area contributed by atoms with Gasteiger partial charge in [0.25, 0.3) is 0 Å². The van der Waals surface area contributed by atoms with Gasteiger partial charge in [0.1, 0.15) is 10.2 Å². The van der Waals surface area contributed by atoms with E-state index < -0.39 is 5.60 Å². The zero-order chi connectivity index (χ0) is 17.9. The Morgan fingerprint density at radius 3 is 2.64 bits per heavy atom. The number of nitrogens with zero attached hydrogens (tertiary/aromatic N) is 5. The summed E-state index contributed by atoms with van der Waals surface area (Å²) in [7, 11) is 0. The van der Waals surface area contributed by atoms with E-state index in [-0.39, 0.29) is 18.2 Å². The summed E-state index contributed by atoms with van der Waals surface area (Å²) in [6, 6.07) is 3.85. The van der Waals surface area contributed by atoms with E-state index in [1.54, 1.807) is 16.6 Å². The summed E-state index contributed by atoms with van der Waals surface area (Å²) in [5.74, 6) is 0.654. The van der Waals surface area contributed by atoms with E-state index in [2.05, 4.69) is 30.9 Å². The molecule has 0 N–H and O–H groups in total. The fourth-order valence-corrected chi connectivity index (χ4v) is 4.26. The largest absolute Gasteiger partial charge is 0.444 e. The number of rotatable bonds is 1. The minimum Gasteiger partial charge on any atom is -0.444 e. The Kier molecular flexibility index (Phi) is 3.88. The highest BCUT2D eigenvalue weighted by molar-refractivity contribution is 9.10. The molecule has 0 saturated carbocycles. The summed E-state index contributed by atoms with van der Waals surface area (Å²) in [6.45, 7) is 7.07. The minimum atomic E-state index is -0.477. The fraction of sp³-hybridized carbons (Fsp3) is 0.562. The molecule has 3 fully saturated rings. The number of carbonyl (C=O) groups excluding carboxylic acids is 1. The van der Waals surface area contributed by atoms with Crippen molar-refractivity contribution in [2.75, 3.05) is 18.0 Å². The van der Waals surface area contributed by atoms with Gasteiger partial charge in [0.2, 0.25) is 5.95 Å². The van der Waals surface area contributed by atoms with E-state index in [4.69, 9.17) is 16.3 Å². The molecule has 1 amide bonds. The number of fused-ring (bicyclic) bond motifs is 3. The maximum atomic E-state index is 12.3. The van der Waals surface area contributed by atoms with Gasteiger partial charge in [0, 0.05) is 24.2 Å². The molecule has 2 unspecified atom stereocenters. The highest BCUT2D eigenvalue weighted by Crippen LogP contribution is 2.35. The molecule has 5 rings (SSSR count). The van der Waals surface area contributed by atoms with Crippen LogP contribution < -0.4 is 4.90 Å². The van der Waals surface area contributed by atoms with Crippen molar-refractivity contribution in [2.45, 2.75) is 44.9 Å². The van der Waals surface area contributed by atoms with Crippen LogP contribution in [0.3, 0.4) is 0 Å². The summed E-state index contributed by atoms with van der Waals surface area (Å²) in [4.78, 5) is 20.9. The zero-order valence-electron chi connectivity index (χ0n) is 14.2. The van der Waals surface area contributed by atoms with Gasteiger partial charge in [-0.1, -0.05) is 11.6 Å². The highest BCUT2D eigenvalue weighted by Gasteiger charge is 2.49. The molecule has 7 nitrogen and oxygen atoms in total. The van der Waals surface area contributed by atoms with E-state index in [0.29, 0.717) is 29.7 Å². The number of amides is 1. The number of piperazine rings is 1. The van der Waals surface area contributed by atoms with Crippen LogP contribution in [0.5, 0.6) is 0 Å². The summed E-state index contributed by atoms with van der Waals surface area (Å²) < 4.78 is 7.98. The van der Waals surface area contributed by atoms with Crippen molar-refractivity contribution in [3.63, 3.8) is 0 Å². The first-order valence-corrected chi connectivity index (χ1v) is 9.36. The average molecular weight is 429 g/mol. The lowest BCUT2D eigenvalue weighted by Crippen LogP contribution is -2.70. The minimum absolute atomic E-state index is 0.146. The summed E-state index contributed by atoms with van der Waals surface area (Å²) in [6.07, 6.45) is 0.768. The molecule has 9 heteroatoms. The second-order valence-electron chi connectivity index (χ2n) is 7.51. The molecule has 134 valence electrons. The monoisotopic (exact) mass is 427 g/mol. The smallest absolute Gasteiger partial charge is 0.410 e. The van der Waals surface area contributed by atoms with Crippen LogP contribution in [0.2, 0.25) is 5.02 Å². The number of ether oxygens (including phenoxy) is 1. The number of aromatic nitrogens is 3. The van der Waals surface area contributed by atoms with Crippen LogP contribution in [0, 0.1) is 0 Å². The SMILES string of the molecule is CC(C)(C)OC(=O)N1C2CC1CN(c1nc3cc(Cl)cc(Br)n3n1)C2. The standard InChI is InChI=1S/C16H19BrClN5O2/c1-16(2,3)25-15(24)22-10-6-11(22)8-21(7-10)14-19-13-5-9(18)4-12(17)23(13)20-14/h4-5,10-11H,6-8H2,1-3H3. The van der Waals surface area contributed by atoms with Gasteiger partial charge >= 0.3 is 6.09 Å². The normalized spacial score (nSPS) is 22.9. The first kappa shape index (κ1) is 16.9. The third kappa shape index (κ3) is 3.06. The quantitative estimate of drug-likeness (QED) is 0.652. The predicted octanol–water partition coefficient (Wildman–Crippen LogP) is 3.34. The van der Waals surface area contributed by atoms with Gasteiger partial charge in [-0.15, -0.1) is 5.10 Å². The Morgan fingerprint density at radius 2 is 2.00 bits per heavy atom. The molecule has 0 spiro atoms. The first-order chi connectivity index (χ1) is 11.7. The second kappa shape index (κ2) is 5.74. The maximum Gasteiger partial charge on any atom is 0.410 e. The molecule has 0 aromatic carbocycles. The van der Waals surface area contributed by atoms with Crippen LogP contribution >= 0.6 is 27.5 Å². The van der Waals surface area contributed by atoms with Crippen molar-refractivity contribution in [1.82, 2.24) is 19.5 Å². The topological polar surface area (TPSA) is 63.0 Å². The molecule has 25 heavy (non-hydrogen) atoms. The number of hydrogen-bond acceptors (Lipinski definition) is 5.